The van der Waals surface area contributed by atoms with Crippen LogP contribution in [0.25, 0.3) is 0 Å². The Morgan fingerprint density at radius 1 is 1.56 bits per heavy atom. The smallest absolute Gasteiger partial charge is 0.151 e. The molecule has 1 aromatic heterocycles. The lowest BCUT2D eigenvalue weighted by Crippen LogP contribution is -2.29. The zero-order valence-corrected chi connectivity index (χ0v) is 13.6. The number of hydrogen-bond acceptors (Lipinski definition) is 4. The van der Waals surface area contributed by atoms with Crippen molar-refractivity contribution in [2.75, 3.05) is 18.1 Å². The van der Waals surface area contributed by atoms with Crippen LogP contribution in [0.2, 0.25) is 0 Å². The molecule has 0 saturated heterocycles. The molecular weight excluding hydrogens is 334 g/mol. The van der Waals surface area contributed by atoms with Gasteiger partial charge in [-0.3, -0.25) is 0 Å². The molecule has 2 rings (SSSR count). The fourth-order valence-corrected chi connectivity index (χ4v) is 4.80. The van der Waals surface area contributed by atoms with E-state index in [1.807, 2.05) is 0 Å². The van der Waals surface area contributed by atoms with E-state index in [0.29, 0.717) is 12.6 Å². The molecule has 0 aliphatic heterocycles. The molecule has 0 bridgehead atoms. The molecule has 1 unspecified atom stereocenters. The standard InChI is InChI=1S/C12H18BrNO2S2/c1-2-18(15,16)7-6-14-10-4-3-5-11-9(10)8-12(13)17-11/h8,10,14H,2-7H2,1H3. The van der Waals surface area contributed by atoms with Crippen LogP contribution in [0, 0.1) is 0 Å². The van der Waals surface area contributed by atoms with Crippen molar-refractivity contribution in [1.82, 2.24) is 5.32 Å². The first-order chi connectivity index (χ1) is 8.52. The number of aryl methyl sites for hydroxylation is 1. The van der Waals surface area contributed by atoms with E-state index in [0.717, 1.165) is 12.8 Å². The summed E-state index contributed by atoms with van der Waals surface area (Å²) in [5, 5.41) is 3.39. The predicted octanol–water partition coefficient (Wildman–Crippen LogP) is 2.91. The zero-order chi connectivity index (χ0) is 13.2. The third kappa shape index (κ3) is 3.56. The Morgan fingerprint density at radius 3 is 3.06 bits per heavy atom. The van der Waals surface area contributed by atoms with Gasteiger partial charge in [0.05, 0.1) is 9.54 Å². The fourth-order valence-electron chi connectivity index (χ4n) is 2.27. The second-order valence-electron chi connectivity index (χ2n) is 4.56. The second-order valence-corrected chi connectivity index (χ2v) is 9.55. The maximum atomic E-state index is 11.4. The Bertz CT molecular complexity index is 510. The maximum absolute atomic E-state index is 11.4. The molecular formula is C12H18BrNO2S2. The minimum absolute atomic E-state index is 0.231. The van der Waals surface area contributed by atoms with Crippen LogP contribution in [0.15, 0.2) is 9.85 Å². The minimum Gasteiger partial charge on any atom is -0.309 e. The molecule has 1 aromatic rings. The van der Waals surface area contributed by atoms with Gasteiger partial charge in [0.25, 0.3) is 0 Å². The van der Waals surface area contributed by atoms with E-state index in [1.165, 1.54) is 20.6 Å². The van der Waals surface area contributed by atoms with Crippen molar-refractivity contribution in [1.29, 1.82) is 0 Å². The number of nitrogens with one attached hydrogen (secondary N) is 1. The van der Waals surface area contributed by atoms with Crippen LogP contribution in [-0.4, -0.2) is 26.5 Å². The lowest BCUT2D eigenvalue weighted by atomic mass is 9.94. The van der Waals surface area contributed by atoms with Gasteiger partial charge in [-0.15, -0.1) is 11.3 Å². The van der Waals surface area contributed by atoms with Crippen LogP contribution in [0.1, 0.15) is 36.2 Å². The molecule has 102 valence electrons. The average Bonchev–Trinajstić information content (AvgIpc) is 2.70. The zero-order valence-electron chi connectivity index (χ0n) is 10.4. The third-order valence-corrected chi connectivity index (χ3v) is 6.75. The van der Waals surface area contributed by atoms with Gasteiger partial charge in [-0.2, -0.15) is 0 Å². The molecule has 1 N–H and O–H groups in total. The van der Waals surface area contributed by atoms with Gasteiger partial charge >= 0.3 is 0 Å². The normalized spacial score (nSPS) is 19.8. The summed E-state index contributed by atoms with van der Waals surface area (Å²) >= 11 is 5.32. The Labute approximate surface area is 121 Å². The molecule has 0 radical (unpaired) electrons. The summed E-state index contributed by atoms with van der Waals surface area (Å²) in [5.41, 5.74) is 1.35. The molecule has 0 saturated carbocycles. The van der Waals surface area contributed by atoms with Crippen molar-refractivity contribution in [2.24, 2.45) is 0 Å². The highest BCUT2D eigenvalue weighted by molar-refractivity contribution is 9.11. The molecule has 0 amide bonds. The molecule has 1 aliphatic rings. The highest BCUT2D eigenvalue weighted by Gasteiger charge is 2.22. The summed E-state index contributed by atoms with van der Waals surface area (Å²) in [7, 11) is -2.86. The van der Waals surface area contributed by atoms with E-state index in [9.17, 15) is 8.42 Å². The van der Waals surface area contributed by atoms with Crippen molar-refractivity contribution >= 4 is 37.1 Å². The highest BCUT2D eigenvalue weighted by atomic mass is 79.9. The quantitative estimate of drug-likeness (QED) is 0.886. The molecule has 0 aromatic carbocycles. The minimum atomic E-state index is -2.86. The first kappa shape index (κ1) is 14.5. The van der Waals surface area contributed by atoms with Crippen molar-refractivity contribution in [2.45, 2.75) is 32.2 Å². The first-order valence-electron chi connectivity index (χ1n) is 6.24. The Balaban J connectivity index is 1.95. The monoisotopic (exact) mass is 351 g/mol. The number of halogens is 1. The van der Waals surface area contributed by atoms with Crippen molar-refractivity contribution < 1.29 is 8.42 Å². The van der Waals surface area contributed by atoms with Crippen molar-refractivity contribution in [3.63, 3.8) is 0 Å². The third-order valence-electron chi connectivity index (χ3n) is 3.33. The Hall–Kier alpha value is 0.0900. The van der Waals surface area contributed by atoms with Crippen LogP contribution in [0.3, 0.4) is 0 Å². The van der Waals surface area contributed by atoms with Gasteiger partial charge in [0, 0.05) is 23.2 Å². The van der Waals surface area contributed by atoms with E-state index in [2.05, 4.69) is 27.3 Å². The van der Waals surface area contributed by atoms with Crippen LogP contribution in [0.4, 0.5) is 0 Å². The van der Waals surface area contributed by atoms with E-state index in [1.54, 1.807) is 18.3 Å². The molecule has 18 heavy (non-hydrogen) atoms. The molecule has 1 heterocycles. The van der Waals surface area contributed by atoms with E-state index in [4.69, 9.17) is 0 Å². The van der Waals surface area contributed by atoms with Gasteiger partial charge < -0.3 is 5.32 Å². The molecule has 1 atom stereocenters. The fraction of sp³-hybridized carbons (Fsp3) is 0.667. The lowest BCUT2D eigenvalue weighted by Gasteiger charge is -2.23. The van der Waals surface area contributed by atoms with Gasteiger partial charge in [-0.1, -0.05) is 6.92 Å². The van der Waals surface area contributed by atoms with Crippen LogP contribution >= 0.6 is 27.3 Å². The van der Waals surface area contributed by atoms with Gasteiger partial charge in [0.2, 0.25) is 0 Å². The predicted molar refractivity (Wildman–Crippen MR) is 80.0 cm³/mol. The Morgan fingerprint density at radius 2 is 2.33 bits per heavy atom. The van der Waals surface area contributed by atoms with Crippen LogP contribution < -0.4 is 5.32 Å². The molecule has 6 heteroatoms. The number of rotatable bonds is 5. The number of thiophene rings is 1. The van der Waals surface area contributed by atoms with Crippen molar-refractivity contribution in [3.8, 4) is 0 Å². The molecule has 0 fully saturated rings. The first-order valence-corrected chi connectivity index (χ1v) is 9.67. The average molecular weight is 352 g/mol. The van der Waals surface area contributed by atoms with E-state index in [-0.39, 0.29) is 11.5 Å². The van der Waals surface area contributed by atoms with E-state index < -0.39 is 9.84 Å². The summed E-state index contributed by atoms with van der Waals surface area (Å²) in [6.45, 7) is 2.25. The van der Waals surface area contributed by atoms with Gasteiger partial charge in [0.1, 0.15) is 0 Å². The van der Waals surface area contributed by atoms with E-state index >= 15 is 0 Å². The highest BCUT2D eigenvalue weighted by Crippen LogP contribution is 2.37. The molecule has 3 nitrogen and oxygen atoms in total. The SMILES string of the molecule is CCS(=O)(=O)CCNC1CCCc2sc(Br)cc21. The summed E-state index contributed by atoms with van der Waals surface area (Å²) in [5.74, 6) is 0.467. The summed E-state index contributed by atoms with van der Waals surface area (Å²) in [6, 6.07) is 2.49. The number of fused-ring (bicyclic) bond motifs is 1. The lowest BCUT2D eigenvalue weighted by molar-refractivity contribution is 0.475. The number of sulfone groups is 1. The van der Waals surface area contributed by atoms with Crippen LogP contribution in [0.5, 0.6) is 0 Å². The van der Waals surface area contributed by atoms with Crippen LogP contribution in [-0.2, 0) is 16.3 Å². The second kappa shape index (κ2) is 6.03. The topological polar surface area (TPSA) is 46.2 Å². The summed E-state index contributed by atoms with van der Waals surface area (Å²) < 4.78 is 24.1. The largest absolute Gasteiger partial charge is 0.309 e. The van der Waals surface area contributed by atoms with Gasteiger partial charge in [0.15, 0.2) is 9.84 Å². The molecule has 0 spiro atoms. The van der Waals surface area contributed by atoms with Crippen molar-refractivity contribution in [3.05, 3.63) is 20.3 Å². The van der Waals surface area contributed by atoms with Gasteiger partial charge in [-0.05, 0) is 46.8 Å². The van der Waals surface area contributed by atoms with Gasteiger partial charge in [-0.25, -0.2) is 8.42 Å². The summed E-state index contributed by atoms with van der Waals surface area (Å²) in [6.07, 6.45) is 3.43. The summed E-state index contributed by atoms with van der Waals surface area (Å²) in [4.78, 5) is 1.43. The number of hydrogen-bond donors (Lipinski definition) is 1. The maximum Gasteiger partial charge on any atom is 0.151 e. The Kier molecular flexibility index (Phi) is 4.86. The molecule has 1 aliphatic carbocycles.